The molecule has 2 heterocycles. The van der Waals surface area contributed by atoms with E-state index in [4.69, 9.17) is 5.73 Å². The number of amides is 1. The first kappa shape index (κ1) is 11.7. The number of aryl methyl sites for hydroxylation is 1. The average Bonchev–Trinajstić information content (AvgIpc) is 2.95. The van der Waals surface area contributed by atoms with Crippen molar-refractivity contribution in [3.8, 4) is 0 Å². The predicted molar refractivity (Wildman–Crippen MR) is 77.4 cm³/mol. The number of nitrogens with two attached hydrogens (primary N) is 1. The number of nitrogens with zero attached hydrogens (tertiary/aromatic N) is 2. The summed E-state index contributed by atoms with van der Waals surface area (Å²) in [4.78, 5) is 12.1. The van der Waals surface area contributed by atoms with E-state index >= 15 is 0 Å². The number of rotatable bonds is 2. The summed E-state index contributed by atoms with van der Waals surface area (Å²) in [6.45, 7) is 0. The fourth-order valence-electron chi connectivity index (χ4n) is 1.97. The van der Waals surface area contributed by atoms with E-state index in [1.54, 1.807) is 18.4 Å². The highest BCUT2D eigenvalue weighted by molar-refractivity contribution is 7.17. The number of fused-ring (bicyclic) bond motifs is 1. The molecule has 3 N–H and O–H groups in total. The summed E-state index contributed by atoms with van der Waals surface area (Å²) >= 11 is 1.67. The van der Waals surface area contributed by atoms with Crippen molar-refractivity contribution in [1.29, 1.82) is 0 Å². The summed E-state index contributed by atoms with van der Waals surface area (Å²) in [5.41, 5.74) is 7.21. The number of carbonyl (C=O) groups is 1. The van der Waals surface area contributed by atoms with Crippen molar-refractivity contribution in [2.24, 2.45) is 7.05 Å². The van der Waals surface area contributed by atoms with Crippen LogP contribution in [0.1, 0.15) is 10.5 Å². The molecule has 96 valence electrons. The summed E-state index contributed by atoms with van der Waals surface area (Å²) in [5.74, 6) is -0.257. The number of hydrogen-bond donors (Lipinski definition) is 2. The van der Waals surface area contributed by atoms with Gasteiger partial charge in [0.05, 0.1) is 11.9 Å². The lowest BCUT2D eigenvalue weighted by Gasteiger charge is -2.06. The second kappa shape index (κ2) is 4.40. The Bertz CT molecular complexity index is 739. The van der Waals surface area contributed by atoms with Gasteiger partial charge in [-0.3, -0.25) is 9.48 Å². The first-order chi connectivity index (χ1) is 9.15. The van der Waals surface area contributed by atoms with Gasteiger partial charge in [0, 0.05) is 17.4 Å². The van der Waals surface area contributed by atoms with E-state index in [1.165, 1.54) is 15.6 Å². The molecule has 19 heavy (non-hydrogen) atoms. The van der Waals surface area contributed by atoms with Crippen LogP contribution in [0.3, 0.4) is 0 Å². The third-order valence-electron chi connectivity index (χ3n) is 2.89. The average molecular weight is 272 g/mol. The zero-order valence-electron chi connectivity index (χ0n) is 10.3. The van der Waals surface area contributed by atoms with Crippen LogP contribution in [-0.4, -0.2) is 15.7 Å². The molecule has 0 spiro atoms. The number of nitrogens with one attached hydrogen (secondary N) is 1. The second-order valence-electron chi connectivity index (χ2n) is 4.20. The van der Waals surface area contributed by atoms with E-state index in [2.05, 4.69) is 10.4 Å². The van der Waals surface area contributed by atoms with Gasteiger partial charge in [0.1, 0.15) is 5.69 Å². The molecular formula is C13H12N4OS. The van der Waals surface area contributed by atoms with Crippen LogP contribution in [0.25, 0.3) is 10.1 Å². The maximum absolute atomic E-state index is 12.1. The molecule has 0 saturated heterocycles. The molecule has 0 aliphatic heterocycles. The Morgan fingerprint density at radius 3 is 3.00 bits per heavy atom. The zero-order valence-corrected chi connectivity index (χ0v) is 11.1. The van der Waals surface area contributed by atoms with Gasteiger partial charge in [-0.05, 0) is 35.0 Å². The van der Waals surface area contributed by atoms with E-state index in [0.717, 1.165) is 11.1 Å². The van der Waals surface area contributed by atoms with Crippen LogP contribution >= 0.6 is 11.3 Å². The molecule has 3 rings (SSSR count). The molecule has 3 aromatic rings. The minimum Gasteiger partial charge on any atom is -0.396 e. The summed E-state index contributed by atoms with van der Waals surface area (Å²) < 4.78 is 2.66. The van der Waals surface area contributed by atoms with Gasteiger partial charge in [0.15, 0.2) is 0 Å². The Morgan fingerprint density at radius 2 is 2.26 bits per heavy atom. The Labute approximate surface area is 113 Å². The topological polar surface area (TPSA) is 72.9 Å². The molecule has 0 radical (unpaired) electrons. The molecule has 1 aromatic carbocycles. The van der Waals surface area contributed by atoms with Crippen LogP contribution in [0.15, 0.2) is 35.8 Å². The monoisotopic (exact) mass is 272 g/mol. The third-order valence-corrected chi connectivity index (χ3v) is 3.79. The SMILES string of the molecule is Cn1ncc(N)c1C(=O)Nc1ccc2sccc2c1. The standard InChI is InChI=1S/C13H12N4OS/c1-17-12(10(14)7-15-17)13(18)16-9-2-3-11-8(6-9)4-5-19-11/h2-7H,14H2,1H3,(H,16,18). The highest BCUT2D eigenvalue weighted by Crippen LogP contribution is 2.24. The van der Waals surface area contributed by atoms with Crippen molar-refractivity contribution >= 4 is 38.7 Å². The molecule has 0 atom stereocenters. The lowest BCUT2D eigenvalue weighted by molar-refractivity contribution is 0.101. The van der Waals surface area contributed by atoms with Gasteiger partial charge in [0.25, 0.3) is 5.91 Å². The molecule has 0 aliphatic carbocycles. The summed E-state index contributed by atoms with van der Waals surface area (Å²) in [6.07, 6.45) is 1.47. The molecule has 0 fully saturated rings. The normalized spacial score (nSPS) is 10.8. The van der Waals surface area contributed by atoms with E-state index < -0.39 is 0 Å². The predicted octanol–water partition coefficient (Wildman–Crippen LogP) is 2.47. The van der Waals surface area contributed by atoms with Gasteiger partial charge in [-0.15, -0.1) is 11.3 Å². The fraction of sp³-hybridized carbons (Fsp3) is 0.0769. The molecule has 0 aliphatic rings. The zero-order chi connectivity index (χ0) is 13.4. The minimum absolute atomic E-state index is 0.257. The van der Waals surface area contributed by atoms with Gasteiger partial charge in [-0.2, -0.15) is 5.10 Å². The molecule has 2 aromatic heterocycles. The van der Waals surface area contributed by atoms with Crippen LogP contribution in [0.2, 0.25) is 0 Å². The highest BCUT2D eigenvalue weighted by Gasteiger charge is 2.15. The van der Waals surface area contributed by atoms with Crippen LogP contribution < -0.4 is 11.1 Å². The van der Waals surface area contributed by atoms with Gasteiger partial charge in [0.2, 0.25) is 0 Å². The van der Waals surface area contributed by atoms with Crippen LogP contribution in [0.5, 0.6) is 0 Å². The van der Waals surface area contributed by atoms with E-state index in [1.807, 2.05) is 29.6 Å². The maximum atomic E-state index is 12.1. The number of thiophene rings is 1. The summed E-state index contributed by atoms with van der Waals surface area (Å²) in [7, 11) is 1.69. The summed E-state index contributed by atoms with van der Waals surface area (Å²) in [5, 5.41) is 9.92. The number of nitrogen functional groups attached to an aromatic ring is 1. The highest BCUT2D eigenvalue weighted by atomic mass is 32.1. The van der Waals surface area contributed by atoms with E-state index in [0.29, 0.717) is 11.4 Å². The molecule has 0 unspecified atom stereocenters. The Hall–Kier alpha value is -2.34. The van der Waals surface area contributed by atoms with Crippen LogP contribution in [-0.2, 0) is 7.05 Å². The first-order valence-corrected chi connectivity index (χ1v) is 6.59. The van der Waals surface area contributed by atoms with E-state index in [-0.39, 0.29) is 5.91 Å². The minimum atomic E-state index is -0.257. The Morgan fingerprint density at radius 1 is 1.42 bits per heavy atom. The van der Waals surface area contributed by atoms with Crippen molar-refractivity contribution in [2.45, 2.75) is 0 Å². The Kier molecular flexibility index (Phi) is 2.72. The largest absolute Gasteiger partial charge is 0.396 e. The number of carbonyl (C=O) groups excluding carboxylic acids is 1. The van der Waals surface area contributed by atoms with Crippen molar-refractivity contribution in [3.05, 3.63) is 41.5 Å². The van der Waals surface area contributed by atoms with Gasteiger partial charge >= 0.3 is 0 Å². The lowest BCUT2D eigenvalue weighted by Crippen LogP contribution is -2.17. The fourth-order valence-corrected chi connectivity index (χ4v) is 2.74. The van der Waals surface area contributed by atoms with Crippen molar-refractivity contribution in [3.63, 3.8) is 0 Å². The first-order valence-electron chi connectivity index (χ1n) is 5.71. The summed E-state index contributed by atoms with van der Waals surface area (Å²) in [6, 6.07) is 7.83. The maximum Gasteiger partial charge on any atom is 0.276 e. The number of aromatic nitrogens is 2. The number of benzene rings is 1. The molecule has 5 nitrogen and oxygen atoms in total. The van der Waals surface area contributed by atoms with Gasteiger partial charge in [-0.1, -0.05) is 0 Å². The van der Waals surface area contributed by atoms with Gasteiger partial charge < -0.3 is 11.1 Å². The molecule has 0 saturated carbocycles. The molecule has 1 amide bonds. The molecule has 0 bridgehead atoms. The number of hydrogen-bond acceptors (Lipinski definition) is 4. The Balaban J connectivity index is 1.90. The smallest absolute Gasteiger partial charge is 0.276 e. The van der Waals surface area contributed by atoms with E-state index in [9.17, 15) is 4.79 Å². The quantitative estimate of drug-likeness (QED) is 0.752. The second-order valence-corrected chi connectivity index (χ2v) is 5.15. The van der Waals surface area contributed by atoms with Crippen molar-refractivity contribution < 1.29 is 4.79 Å². The van der Waals surface area contributed by atoms with Crippen molar-refractivity contribution in [1.82, 2.24) is 9.78 Å². The number of anilines is 2. The molecule has 6 heteroatoms. The lowest BCUT2D eigenvalue weighted by atomic mass is 10.2. The van der Waals surface area contributed by atoms with Crippen LogP contribution in [0.4, 0.5) is 11.4 Å². The van der Waals surface area contributed by atoms with Crippen molar-refractivity contribution in [2.75, 3.05) is 11.1 Å². The van der Waals surface area contributed by atoms with Gasteiger partial charge in [-0.25, -0.2) is 0 Å². The third kappa shape index (κ3) is 2.06. The molecular weight excluding hydrogens is 260 g/mol. The van der Waals surface area contributed by atoms with Crippen LogP contribution in [0, 0.1) is 0 Å².